The van der Waals surface area contributed by atoms with Crippen molar-refractivity contribution >= 4 is 22.3 Å². The lowest BCUT2D eigenvalue weighted by molar-refractivity contribution is 0.0431. The third kappa shape index (κ3) is 2.32. The summed E-state index contributed by atoms with van der Waals surface area (Å²) in [6.45, 7) is 1.69. The van der Waals surface area contributed by atoms with E-state index in [0.29, 0.717) is 10.7 Å². The van der Waals surface area contributed by atoms with Crippen molar-refractivity contribution in [3.8, 4) is 0 Å². The Kier molecular flexibility index (Phi) is 3.07. The van der Waals surface area contributed by atoms with Gasteiger partial charge in [-0.2, -0.15) is 9.61 Å². The van der Waals surface area contributed by atoms with Crippen molar-refractivity contribution in [3.63, 3.8) is 0 Å². The van der Waals surface area contributed by atoms with Crippen molar-refractivity contribution in [1.29, 1.82) is 0 Å². The van der Waals surface area contributed by atoms with Gasteiger partial charge in [-0.3, -0.25) is 4.79 Å². The Morgan fingerprint density at radius 3 is 3.15 bits per heavy atom. The van der Waals surface area contributed by atoms with Gasteiger partial charge < -0.3 is 9.15 Å². The molecule has 20 heavy (non-hydrogen) atoms. The standard InChI is InChI=1S/C12H9N3O4S/c1-7-14-15-10(16)5-8(13-12(15)20-7)6-19-11(17)9-3-2-4-18-9/h2-5H,6H2,1H3. The summed E-state index contributed by atoms with van der Waals surface area (Å²) >= 11 is 1.29. The Labute approximate surface area is 116 Å². The molecule has 0 saturated heterocycles. The molecule has 8 heteroatoms. The number of furan rings is 1. The van der Waals surface area contributed by atoms with Crippen LogP contribution in [0.15, 0.2) is 33.7 Å². The van der Waals surface area contributed by atoms with Crippen LogP contribution < -0.4 is 5.56 Å². The van der Waals surface area contributed by atoms with Crippen LogP contribution in [0.5, 0.6) is 0 Å². The summed E-state index contributed by atoms with van der Waals surface area (Å²) in [5.74, 6) is -0.492. The predicted octanol–water partition coefficient (Wildman–Crippen LogP) is 1.41. The van der Waals surface area contributed by atoms with E-state index in [1.165, 1.54) is 34.2 Å². The summed E-state index contributed by atoms with van der Waals surface area (Å²) in [5.41, 5.74) is 0.0713. The minimum atomic E-state index is -0.600. The lowest BCUT2D eigenvalue weighted by Gasteiger charge is -2.02. The van der Waals surface area contributed by atoms with Crippen LogP contribution in [0.4, 0.5) is 0 Å². The topological polar surface area (TPSA) is 86.7 Å². The van der Waals surface area contributed by atoms with Gasteiger partial charge in [0.05, 0.1) is 12.0 Å². The first kappa shape index (κ1) is 12.5. The molecular weight excluding hydrogens is 282 g/mol. The van der Waals surface area contributed by atoms with Gasteiger partial charge >= 0.3 is 5.97 Å². The van der Waals surface area contributed by atoms with Crippen LogP contribution in [-0.4, -0.2) is 20.6 Å². The highest BCUT2D eigenvalue weighted by Gasteiger charge is 2.12. The number of hydrogen-bond acceptors (Lipinski definition) is 7. The van der Waals surface area contributed by atoms with Crippen molar-refractivity contribution < 1.29 is 13.9 Å². The SMILES string of the molecule is Cc1nn2c(=O)cc(COC(=O)c3ccco3)nc2s1. The number of nitrogens with zero attached hydrogens (tertiary/aromatic N) is 3. The van der Waals surface area contributed by atoms with Gasteiger partial charge in [-0.25, -0.2) is 9.78 Å². The molecule has 0 radical (unpaired) electrons. The number of fused-ring (bicyclic) bond motifs is 1. The van der Waals surface area contributed by atoms with Crippen molar-refractivity contribution in [2.24, 2.45) is 0 Å². The molecule has 102 valence electrons. The lowest BCUT2D eigenvalue weighted by atomic mass is 10.4. The molecule has 0 spiro atoms. The lowest BCUT2D eigenvalue weighted by Crippen LogP contribution is -2.16. The van der Waals surface area contributed by atoms with E-state index in [-0.39, 0.29) is 17.9 Å². The molecule has 0 aliphatic rings. The predicted molar refractivity (Wildman–Crippen MR) is 69.7 cm³/mol. The summed E-state index contributed by atoms with van der Waals surface area (Å²) in [6, 6.07) is 4.38. The van der Waals surface area contributed by atoms with Gasteiger partial charge in [0.2, 0.25) is 10.7 Å². The van der Waals surface area contributed by atoms with Gasteiger partial charge in [-0.1, -0.05) is 11.3 Å². The van der Waals surface area contributed by atoms with Gasteiger partial charge in [0.15, 0.2) is 0 Å². The Balaban J connectivity index is 1.81. The molecule has 3 rings (SSSR count). The maximum Gasteiger partial charge on any atom is 0.374 e. The van der Waals surface area contributed by atoms with Crippen LogP contribution in [0.3, 0.4) is 0 Å². The second-order valence-electron chi connectivity index (χ2n) is 3.95. The maximum absolute atomic E-state index is 11.8. The van der Waals surface area contributed by atoms with E-state index in [1.807, 2.05) is 0 Å². The average molecular weight is 291 g/mol. The number of hydrogen-bond donors (Lipinski definition) is 0. The fourth-order valence-electron chi connectivity index (χ4n) is 1.63. The van der Waals surface area contributed by atoms with Gasteiger partial charge in [0.1, 0.15) is 11.6 Å². The zero-order valence-corrected chi connectivity index (χ0v) is 11.2. The zero-order chi connectivity index (χ0) is 14.1. The molecule has 3 heterocycles. The van der Waals surface area contributed by atoms with Crippen molar-refractivity contribution in [2.75, 3.05) is 0 Å². The molecule has 3 aromatic rings. The smallest absolute Gasteiger partial charge is 0.374 e. The molecule has 0 atom stereocenters. The molecule has 0 saturated carbocycles. The molecular formula is C12H9N3O4S. The second-order valence-corrected chi connectivity index (χ2v) is 5.11. The minimum absolute atomic E-state index is 0.0950. The minimum Gasteiger partial charge on any atom is -0.457 e. The highest BCUT2D eigenvalue weighted by molar-refractivity contribution is 7.16. The molecule has 0 aliphatic carbocycles. The number of rotatable bonds is 3. The van der Waals surface area contributed by atoms with E-state index < -0.39 is 5.97 Å². The molecule has 0 bridgehead atoms. The van der Waals surface area contributed by atoms with Gasteiger partial charge in [-0.15, -0.1) is 0 Å². The fraction of sp³-hybridized carbons (Fsp3) is 0.167. The molecule has 0 N–H and O–H groups in total. The summed E-state index contributed by atoms with van der Waals surface area (Å²) in [6.07, 6.45) is 1.38. The number of carbonyl (C=O) groups excluding carboxylic acids is 1. The Hall–Kier alpha value is -2.48. The number of carbonyl (C=O) groups is 1. The third-order valence-electron chi connectivity index (χ3n) is 2.47. The Bertz CT molecular complexity index is 819. The summed E-state index contributed by atoms with van der Waals surface area (Å²) in [5, 5.41) is 4.76. The van der Waals surface area contributed by atoms with Crippen molar-refractivity contribution in [3.05, 3.63) is 51.3 Å². The summed E-state index contributed by atoms with van der Waals surface area (Å²) < 4.78 is 11.2. The maximum atomic E-state index is 11.8. The van der Waals surface area contributed by atoms with Gasteiger partial charge in [0, 0.05) is 6.07 Å². The highest BCUT2D eigenvalue weighted by Crippen LogP contribution is 2.10. The van der Waals surface area contributed by atoms with Crippen LogP contribution in [0.25, 0.3) is 4.96 Å². The van der Waals surface area contributed by atoms with E-state index in [4.69, 9.17) is 9.15 Å². The highest BCUT2D eigenvalue weighted by atomic mass is 32.1. The van der Waals surface area contributed by atoms with Crippen LogP contribution in [-0.2, 0) is 11.3 Å². The fourth-order valence-corrected chi connectivity index (χ4v) is 2.40. The van der Waals surface area contributed by atoms with Crippen LogP contribution in [0.1, 0.15) is 21.3 Å². The largest absolute Gasteiger partial charge is 0.457 e. The summed E-state index contributed by atoms with van der Waals surface area (Å²) in [7, 11) is 0. The van der Waals surface area contributed by atoms with E-state index in [2.05, 4.69) is 10.1 Å². The van der Waals surface area contributed by atoms with E-state index >= 15 is 0 Å². The quantitative estimate of drug-likeness (QED) is 0.678. The molecule has 7 nitrogen and oxygen atoms in total. The Morgan fingerprint density at radius 2 is 2.40 bits per heavy atom. The number of esters is 1. The normalized spacial score (nSPS) is 10.8. The van der Waals surface area contributed by atoms with E-state index in [9.17, 15) is 9.59 Å². The molecule has 0 fully saturated rings. The molecule has 0 aliphatic heterocycles. The van der Waals surface area contributed by atoms with Gasteiger partial charge in [-0.05, 0) is 19.1 Å². The van der Waals surface area contributed by atoms with Crippen molar-refractivity contribution in [1.82, 2.24) is 14.6 Å². The average Bonchev–Trinajstić information content (AvgIpc) is 3.04. The molecule has 3 aromatic heterocycles. The molecule has 0 unspecified atom stereocenters. The molecule has 0 aromatic carbocycles. The number of aryl methyl sites for hydroxylation is 1. The number of ether oxygens (including phenoxy) is 1. The van der Waals surface area contributed by atoms with E-state index in [0.717, 1.165) is 5.01 Å². The third-order valence-corrected chi connectivity index (χ3v) is 3.30. The summed E-state index contributed by atoms with van der Waals surface area (Å²) in [4.78, 5) is 28.1. The second kappa shape index (κ2) is 4.89. The monoisotopic (exact) mass is 291 g/mol. The van der Waals surface area contributed by atoms with Gasteiger partial charge in [0.25, 0.3) is 5.56 Å². The van der Waals surface area contributed by atoms with Crippen LogP contribution >= 0.6 is 11.3 Å². The first-order valence-corrected chi connectivity index (χ1v) is 6.52. The Morgan fingerprint density at radius 1 is 1.55 bits per heavy atom. The number of aromatic nitrogens is 3. The zero-order valence-electron chi connectivity index (χ0n) is 10.4. The van der Waals surface area contributed by atoms with Crippen LogP contribution in [0, 0.1) is 6.92 Å². The van der Waals surface area contributed by atoms with Crippen LogP contribution in [0.2, 0.25) is 0 Å². The van der Waals surface area contributed by atoms with Crippen molar-refractivity contribution in [2.45, 2.75) is 13.5 Å². The first-order valence-electron chi connectivity index (χ1n) is 5.70. The molecule has 0 amide bonds. The van der Waals surface area contributed by atoms with E-state index in [1.54, 1.807) is 13.0 Å². The first-order chi connectivity index (χ1) is 9.63.